The number of likely N-dealkylation sites (tertiary alicyclic amines) is 1. The van der Waals surface area contributed by atoms with Crippen molar-refractivity contribution in [1.82, 2.24) is 14.8 Å². The minimum atomic E-state index is 0.0813. The zero-order valence-electron chi connectivity index (χ0n) is 14.8. The highest BCUT2D eigenvalue weighted by atomic mass is 16.5. The molecule has 1 aromatic carbocycles. The van der Waals surface area contributed by atoms with Crippen LogP contribution in [0.15, 0.2) is 24.3 Å². The van der Waals surface area contributed by atoms with Crippen molar-refractivity contribution in [2.45, 2.75) is 13.0 Å². The van der Waals surface area contributed by atoms with Crippen LogP contribution < -0.4 is 4.74 Å². The largest absolute Gasteiger partial charge is 0.497 e. The van der Waals surface area contributed by atoms with E-state index in [9.17, 15) is 4.79 Å². The smallest absolute Gasteiger partial charge is 0.270 e. The molecule has 134 valence electrons. The number of rotatable bonds is 3. The number of hydrogen-bond acceptors (Lipinski definition) is 4. The molecule has 3 heterocycles. The molecule has 2 atom stereocenters. The van der Waals surface area contributed by atoms with Gasteiger partial charge in [0.1, 0.15) is 11.4 Å². The maximum absolute atomic E-state index is 13.0. The van der Waals surface area contributed by atoms with E-state index in [-0.39, 0.29) is 5.91 Å². The summed E-state index contributed by atoms with van der Waals surface area (Å²) in [4.78, 5) is 20.7. The normalized spacial score (nSPS) is 24.8. The number of nitrogens with one attached hydrogen (secondary N) is 1. The summed E-state index contributed by atoms with van der Waals surface area (Å²) in [6, 6.07) is 8.18. The molecule has 25 heavy (non-hydrogen) atoms. The van der Waals surface area contributed by atoms with Crippen LogP contribution in [0.2, 0.25) is 0 Å². The van der Waals surface area contributed by atoms with Crippen molar-refractivity contribution in [2.75, 3.05) is 46.5 Å². The number of fused-ring (bicyclic) bond motifs is 1. The van der Waals surface area contributed by atoms with Gasteiger partial charge < -0.3 is 19.4 Å². The Morgan fingerprint density at radius 3 is 2.80 bits per heavy atom. The van der Waals surface area contributed by atoms with Gasteiger partial charge in [0, 0.05) is 49.2 Å². The minimum Gasteiger partial charge on any atom is -0.497 e. The third kappa shape index (κ3) is 3.12. The molecule has 0 aliphatic carbocycles. The van der Waals surface area contributed by atoms with Crippen molar-refractivity contribution in [3.63, 3.8) is 0 Å². The van der Waals surface area contributed by atoms with E-state index < -0.39 is 0 Å². The number of aromatic amines is 1. The standard InChI is InChI=1S/C19H25N3O3/c1-13-11-22(12-18(13)21-5-7-25-8-6-21)19(23)17-9-14-3-4-15(24-2)10-16(14)20-17/h3-4,9-10,13,18,20H,5-8,11-12H2,1-2H3/t13-,18+/m0/s1. The second-order valence-electron chi connectivity index (χ2n) is 7.04. The number of benzene rings is 1. The van der Waals surface area contributed by atoms with Gasteiger partial charge in [0.15, 0.2) is 0 Å². The second-order valence-corrected chi connectivity index (χ2v) is 7.04. The SMILES string of the molecule is COc1ccc2cc(C(=O)N3C[C@@H](N4CCOCC4)[C@@H](C)C3)[nH]c2c1. The van der Waals surface area contributed by atoms with Crippen LogP contribution in [-0.4, -0.2) is 73.2 Å². The van der Waals surface area contributed by atoms with Crippen molar-refractivity contribution in [1.29, 1.82) is 0 Å². The van der Waals surface area contributed by atoms with Crippen LogP contribution >= 0.6 is 0 Å². The fourth-order valence-electron chi connectivity index (χ4n) is 4.02. The lowest BCUT2D eigenvalue weighted by Crippen LogP contribution is -2.47. The average Bonchev–Trinajstić information content (AvgIpc) is 3.24. The highest BCUT2D eigenvalue weighted by Crippen LogP contribution is 2.26. The van der Waals surface area contributed by atoms with Gasteiger partial charge in [-0.25, -0.2) is 0 Å². The Morgan fingerprint density at radius 1 is 1.24 bits per heavy atom. The highest BCUT2D eigenvalue weighted by Gasteiger charge is 2.37. The number of aromatic nitrogens is 1. The van der Waals surface area contributed by atoms with E-state index >= 15 is 0 Å². The third-order valence-electron chi connectivity index (χ3n) is 5.43. The van der Waals surface area contributed by atoms with Crippen LogP contribution in [0.25, 0.3) is 10.9 Å². The summed E-state index contributed by atoms with van der Waals surface area (Å²) >= 11 is 0. The molecule has 6 nitrogen and oxygen atoms in total. The number of morpholine rings is 1. The average molecular weight is 343 g/mol. The van der Waals surface area contributed by atoms with Crippen LogP contribution in [0.3, 0.4) is 0 Å². The summed E-state index contributed by atoms with van der Waals surface area (Å²) in [5.41, 5.74) is 1.58. The maximum atomic E-state index is 13.0. The Balaban J connectivity index is 1.51. The van der Waals surface area contributed by atoms with Gasteiger partial charge in [-0.2, -0.15) is 0 Å². The van der Waals surface area contributed by atoms with Gasteiger partial charge in [0.25, 0.3) is 5.91 Å². The molecule has 6 heteroatoms. The number of nitrogens with zero attached hydrogens (tertiary/aromatic N) is 2. The lowest BCUT2D eigenvalue weighted by Gasteiger charge is -2.33. The van der Waals surface area contributed by atoms with Crippen LogP contribution in [-0.2, 0) is 4.74 Å². The summed E-state index contributed by atoms with van der Waals surface area (Å²) in [5, 5.41) is 1.03. The minimum absolute atomic E-state index is 0.0813. The predicted octanol–water partition coefficient (Wildman–Crippen LogP) is 1.97. The number of carbonyl (C=O) groups excluding carboxylic acids is 1. The van der Waals surface area contributed by atoms with Gasteiger partial charge in [-0.15, -0.1) is 0 Å². The third-order valence-corrected chi connectivity index (χ3v) is 5.43. The molecule has 2 aliphatic heterocycles. The van der Waals surface area contributed by atoms with E-state index in [4.69, 9.17) is 9.47 Å². The Kier molecular flexibility index (Phi) is 4.39. The summed E-state index contributed by atoms with van der Waals surface area (Å²) in [6.07, 6.45) is 0. The van der Waals surface area contributed by atoms with Crippen LogP contribution in [0.5, 0.6) is 5.75 Å². The van der Waals surface area contributed by atoms with Crippen molar-refractivity contribution in [3.8, 4) is 5.75 Å². The monoisotopic (exact) mass is 343 g/mol. The van der Waals surface area contributed by atoms with E-state index in [1.807, 2.05) is 29.2 Å². The Morgan fingerprint density at radius 2 is 2.04 bits per heavy atom. The molecule has 0 unspecified atom stereocenters. The van der Waals surface area contributed by atoms with Gasteiger partial charge in [0.05, 0.1) is 20.3 Å². The zero-order chi connectivity index (χ0) is 17.4. The molecule has 2 aromatic rings. The molecule has 0 spiro atoms. The van der Waals surface area contributed by atoms with Crippen molar-refractivity contribution in [2.24, 2.45) is 5.92 Å². The van der Waals surface area contributed by atoms with E-state index in [1.54, 1.807) is 7.11 Å². The first-order chi connectivity index (χ1) is 12.2. The fourth-order valence-corrected chi connectivity index (χ4v) is 4.02. The van der Waals surface area contributed by atoms with Crippen molar-refractivity contribution in [3.05, 3.63) is 30.0 Å². The van der Waals surface area contributed by atoms with Crippen molar-refractivity contribution >= 4 is 16.8 Å². The first-order valence-electron chi connectivity index (χ1n) is 8.93. The molecule has 2 aliphatic rings. The maximum Gasteiger partial charge on any atom is 0.270 e. The zero-order valence-corrected chi connectivity index (χ0v) is 14.8. The predicted molar refractivity (Wildman–Crippen MR) is 96.1 cm³/mol. The highest BCUT2D eigenvalue weighted by molar-refractivity contribution is 5.98. The molecule has 2 saturated heterocycles. The first-order valence-corrected chi connectivity index (χ1v) is 8.93. The fraction of sp³-hybridized carbons (Fsp3) is 0.526. The lowest BCUT2D eigenvalue weighted by molar-refractivity contribution is 0.0119. The van der Waals surface area contributed by atoms with Gasteiger partial charge in [-0.3, -0.25) is 9.69 Å². The Labute approximate surface area is 147 Å². The molecular weight excluding hydrogens is 318 g/mol. The number of carbonyl (C=O) groups is 1. The summed E-state index contributed by atoms with van der Waals surface area (Å²) in [7, 11) is 1.65. The van der Waals surface area contributed by atoms with Crippen LogP contribution in [0.1, 0.15) is 17.4 Å². The molecule has 4 rings (SSSR count). The molecule has 1 amide bonds. The molecule has 2 fully saturated rings. The van der Waals surface area contributed by atoms with Gasteiger partial charge >= 0.3 is 0 Å². The van der Waals surface area contributed by atoms with Crippen molar-refractivity contribution < 1.29 is 14.3 Å². The molecular formula is C19H25N3O3. The van der Waals surface area contributed by atoms with Crippen LogP contribution in [0, 0.1) is 5.92 Å². The number of hydrogen-bond donors (Lipinski definition) is 1. The first kappa shape index (κ1) is 16.4. The van der Waals surface area contributed by atoms with E-state index in [2.05, 4.69) is 16.8 Å². The van der Waals surface area contributed by atoms with Crippen LogP contribution in [0.4, 0.5) is 0 Å². The van der Waals surface area contributed by atoms with Gasteiger partial charge in [-0.05, 0) is 24.1 Å². The summed E-state index contributed by atoms with van der Waals surface area (Å²) in [5.74, 6) is 1.35. The van der Waals surface area contributed by atoms with Gasteiger partial charge in [0.2, 0.25) is 0 Å². The molecule has 1 aromatic heterocycles. The molecule has 0 radical (unpaired) electrons. The quantitative estimate of drug-likeness (QED) is 0.926. The van der Waals surface area contributed by atoms with E-state index in [0.717, 1.165) is 56.0 Å². The van der Waals surface area contributed by atoms with E-state index in [0.29, 0.717) is 17.7 Å². The number of amides is 1. The summed E-state index contributed by atoms with van der Waals surface area (Å²) in [6.45, 7) is 7.34. The molecule has 0 bridgehead atoms. The van der Waals surface area contributed by atoms with E-state index in [1.165, 1.54) is 0 Å². The number of methoxy groups -OCH3 is 1. The second kappa shape index (κ2) is 6.69. The summed E-state index contributed by atoms with van der Waals surface area (Å²) < 4.78 is 10.7. The number of H-pyrrole nitrogens is 1. The Bertz CT molecular complexity index is 766. The Hall–Kier alpha value is -2.05. The number of ether oxygens (including phenoxy) is 2. The van der Waals surface area contributed by atoms with Gasteiger partial charge in [-0.1, -0.05) is 6.92 Å². The molecule has 1 N–H and O–H groups in total. The molecule has 0 saturated carbocycles. The lowest BCUT2D eigenvalue weighted by atomic mass is 10.0. The topological polar surface area (TPSA) is 57.8 Å².